The summed E-state index contributed by atoms with van der Waals surface area (Å²) in [6.45, 7) is -9.91. The van der Waals surface area contributed by atoms with Gasteiger partial charge in [-0.15, -0.1) is 0 Å². The summed E-state index contributed by atoms with van der Waals surface area (Å²) in [7, 11) is 0. The molecule has 44 heavy (non-hydrogen) atoms. The molecule has 10 atom stereocenters. The first-order valence-corrected chi connectivity index (χ1v) is 18.1. The number of imidazole rings is 2. The summed E-state index contributed by atoms with van der Waals surface area (Å²) in [5.74, 6) is 0.140. The standard InChI is InChI=1S/C20H23FN10O9P2S2/c21-9-13-8(38-19(9)30-5-28-10-15(22)24-3-26-17(10)30)2-36-42(34,44)40-14-12(32)7(1-35-41(33,43)39-13)37-20(14)31-6-29-11-16(23)25-4-27-18(11)31/h3-9,12-14,19-20,32H,1-2H2,(H,33,43)(H,34,44)(H2,22,24,26)(H2,23,25,27)/t7?,8?,9-,12-,13-,14-,19-,20-,41-,42-/m1/s1. The second kappa shape index (κ2) is 11.1. The number of aliphatic hydroxyl groups excluding tert-OH is 1. The van der Waals surface area contributed by atoms with Gasteiger partial charge >= 0.3 is 13.6 Å². The molecular weight excluding hydrogens is 669 g/mol. The molecular formula is C20H23FN10O9P2S2. The minimum absolute atomic E-state index is 0.0580. The van der Waals surface area contributed by atoms with E-state index in [2.05, 4.69) is 54.4 Å². The quantitative estimate of drug-likeness (QED) is 0.146. The number of halogens is 1. The number of rotatable bonds is 2. The smallest absolute Gasteiger partial charge is 0.386 e. The minimum atomic E-state index is -4.36. The van der Waals surface area contributed by atoms with Crippen molar-refractivity contribution in [2.75, 3.05) is 24.7 Å². The molecule has 0 spiro atoms. The van der Waals surface area contributed by atoms with Crippen molar-refractivity contribution in [3.63, 3.8) is 0 Å². The number of nitrogens with two attached hydrogens (primary N) is 2. The van der Waals surface area contributed by atoms with Gasteiger partial charge in [0.15, 0.2) is 41.6 Å². The fourth-order valence-electron chi connectivity index (χ4n) is 5.19. The Hall–Kier alpha value is -2.49. The average Bonchev–Trinajstić information content (AvgIpc) is 3.73. The van der Waals surface area contributed by atoms with Gasteiger partial charge in [-0.25, -0.2) is 43.4 Å². The number of ether oxygens (including phenoxy) is 2. The first kappa shape index (κ1) is 30.2. The lowest BCUT2D eigenvalue weighted by atomic mass is 10.1. The van der Waals surface area contributed by atoms with Crippen LogP contribution in [-0.4, -0.2) is 94.0 Å². The van der Waals surface area contributed by atoms with Crippen molar-refractivity contribution < 1.29 is 46.2 Å². The second-order valence-corrected chi connectivity index (χ2v) is 15.7. The molecule has 7 heterocycles. The highest BCUT2D eigenvalue weighted by molar-refractivity contribution is 8.44. The number of thiol groups is 2. The maximum atomic E-state index is 16.0. The first-order valence-electron chi connectivity index (χ1n) is 12.7. The Morgan fingerprint density at radius 2 is 1.30 bits per heavy atom. The van der Waals surface area contributed by atoms with Crippen molar-refractivity contribution >= 4 is 72.1 Å². The molecule has 0 aliphatic carbocycles. The van der Waals surface area contributed by atoms with Crippen molar-refractivity contribution in [3.05, 3.63) is 25.3 Å². The van der Waals surface area contributed by atoms with Crippen LogP contribution in [0.5, 0.6) is 0 Å². The Bertz CT molecular complexity index is 1840. The van der Waals surface area contributed by atoms with E-state index in [-0.39, 0.29) is 34.0 Å². The molecule has 0 aromatic carbocycles. The van der Waals surface area contributed by atoms with E-state index in [1.54, 1.807) is 0 Å². The number of hydrogen-bond donors (Lipinski definition) is 5. The number of alkyl halides is 1. The van der Waals surface area contributed by atoms with Crippen LogP contribution in [0.2, 0.25) is 0 Å². The molecule has 236 valence electrons. The number of aromatic nitrogens is 8. The van der Waals surface area contributed by atoms with E-state index in [0.717, 1.165) is 0 Å². The number of hydrogen-bond acceptors (Lipinski definition) is 17. The van der Waals surface area contributed by atoms with Gasteiger partial charge < -0.3 is 26.0 Å². The molecule has 0 amide bonds. The number of nitrogens with zero attached hydrogens (tertiary/aromatic N) is 8. The molecule has 5 N–H and O–H groups in total. The maximum Gasteiger partial charge on any atom is 0.386 e. The lowest BCUT2D eigenvalue weighted by Crippen LogP contribution is -2.35. The van der Waals surface area contributed by atoms with Gasteiger partial charge in [0, 0.05) is 0 Å². The molecule has 0 radical (unpaired) electrons. The second-order valence-electron chi connectivity index (χ2n) is 9.90. The van der Waals surface area contributed by atoms with Gasteiger partial charge in [-0.1, -0.05) is 24.5 Å². The van der Waals surface area contributed by atoms with Gasteiger partial charge in [0.05, 0.1) is 25.9 Å². The summed E-state index contributed by atoms with van der Waals surface area (Å²) in [5, 5.41) is 11.1. The molecule has 3 fully saturated rings. The van der Waals surface area contributed by atoms with Crippen LogP contribution in [-0.2, 0) is 36.7 Å². The summed E-state index contributed by atoms with van der Waals surface area (Å²) in [4.78, 5) is 24.3. The van der Waals surface area contributed by atoms with E-state index in [4.69, 9.17) is 39.0 Å². The molecule has 24 heteroatoms. The van der Waals surface area contributed by atoms with Crippen LogP contribution < -0.4 is 11.5 Å². The van der Waals surface area contributed by atoms with Gasteiger partial charge in [0.1, 0.15) is 54.2 Å². The maximum absolute atomic E-state index is 16.0. The van der Waals surface area contributed by atoms with Crippen molar-refractivity contribution in [2.24, 2.45) is 0 Å². The van der Waals surface area contributed by atoms with Crippen LogP contribution in [0, 0.1) is 0 Å². The lowest BCUT2D eigenvalue weighted by molar-refractivity contribution is -0.0568. The topological polar surface area (TPSA) is 249 Å². The minimum Gasteiger partial charge on any atom is -0.387 e. The molecule has 0 saturated carbocycles. The summed E-state index contributed by atoms with van der Waals surface area (Å²) < 4.78 is 79.4. The van der Waals surface area contributed by atoms with Crippen LogP contribution in [0.25, 0.3) is 22.3 Å². The molecule has 7 rings (SSSR count). The summed E-state index contributed by atoms with van der Waals surface area (Å²) >= 11 is 8.08. The predicted molar refractivity (Wildman–Crippen MR) is 153 cm³/mol. The molecule has 4 aromatic rings. The van der Waals surface area contributed by atoms with Crippen LogP contribution in [0.3, 0.4) is 0 Å². The molecule has 2 unspecified atom stereocenters. The molecule has 3 saturated heterocycles. The third-order valence-electron chi connectivity index (χ3n) is 7.22. The van der Waals surface area contributed by atoms with E-state index in [1.165, 1.54) is 34.4 Å². The van der Waals surface area contributed by atoms with E-state index in [0.29, 0.717) is 0 Å². The number of anilines is 2. The van der Waals surface area contributed by atoms with Gasteiger partial charge in [0.2, 0.25) is 0 Å². The Labute approximate surface area is 256 Å². The van der Waals surface area contributed by atoms with Gasteiger partial charge in [-0.3, -0.25) is 27.2 Å². The van der Waals surface area contributed by atoms with Crippen molar-refractivity contribution in [2.45, 2.75) is 49.1 Å². The van der Waals surface area contributed by atoms with Crippen molar-refractivity contribution in [1.82, 2.24) is 39.0 Å². The highest BCUT2D eigenvalue weighted by Gasteiger charge is 2.54. The zero-order valence-electron chi connectivity index (χ0n) is 22.0. The highest BCUT2D eigenvalue weighted by Crippen LogP contribution is 2.60. The van der Waals surface area contributed by atoms with Crippen molar-refractivity contribution in [3.8, 4) is 0 Å². The van der Waals surface area contributed by atoms with Gasteiger partial charge in [-0.2, -0.15) is 0 Å². The Morgan fingerprint density at radius 1 is 0.795 bits per heavy atom. The predicted octanol–water partition coefficient (Wildman–Crippen LogP) is 1.22. The van der Waals surface area contributed by atoms with Crippen LogP contribution in [0.4, 0.5) is 16.0 Å². The Balaban J connectivity index is 1.20. The summed E-state index contributed by atoms with van der Waals surface area (Å²) in [5.41, 5.74) is 12.5. The van der Waals surface area contributed by atoms with E-state index in [1.807, 2.05) is 0 Å². The van der Waals surface area contributed by atoms with Gasteiger partial charge in [-0.05, 0) is 0 Å². The van der Waals surface area contributed by atoms with Crippen LogP contribution in [0.1, 0.15) is 12.5 Å². The summed E-state index contributed by atoms with van der Waals surface area (Å²) in [6, 6.07) is 0. The highest BCUT2D eigenvalue weighted by atomic mass is 32.7. The first-order chi connectivity index (χ1) is 20.9. The fourth-order valence-corrected chi connectivity index (χ4v) is 8.13. The number of fused-ring (bicyclic) bond motifs is 5. The van der Waals surface area contributed by atoms with Crippen molar-refractivity contribution in [1.29, 1.82) is 0 Å². The molecule has 4 aromatic heterocycles. The monoisotopic (exact) mass is 692 g/mol. The van der Waals surface area contributed by atoms with E-state index in [9.17, 15) is 14.2 Å². The fraction of sp³-hybridized carbons (Fsp3) is 0.500. The Morgan fingerprint density at radius 3 is 1.89 bits per heavy atom. The van der Waals surface area contributed by atoms with Crippen LogP contribution in [0.15, 0.2) is 25.3 Å². The molecule has 2 bridgehead atoms. The van der Waals surface area contributed by atoms with Crippen LogP contribution >= 0.6 is 38.1 Å². The third kappa shape index (κ3) is 5.26. The SMILES string of the molecule is Nc1ncnc2c1ncn2[C@@H]1OC2CO[P@@](=O)(S)O[C@@H]3[C@H](O)C(CO[P@@](=O)(S)O[C@H]2[C@H]1F)O[C@H]3n1cnc2c(N)ncnc21. The van der Waals surface area contributed by atoms with E-state index >= 15 is 4.39 Å². The molecule has 19 nitrogen and oxygen atoms in total. The summed E-state index contributed by atoms with van der Waals surface area (Å²) in [6.07, 6.45) is -6.89. The zero-order valence-corrected chi connectivity index (χ0v) is 25.5. The average molecular weight is 693 g/mol. The molecule has 3 aliphatic heterocycles. The zero-order chi connectivity index (χ0) is 31.0. The lowest BCUT2D eigenvalue weighted by Gasteiger charge is -2.26. The van der Waals surface area contributed by atoms with E-state index < -0.39 is 76.0 Å². The number of nitrogen functional groups attached to an aromatic ring is 2. The largest absolute Gasteiger partial charge is 0.387 e. The normalized spacial score (nSPS) is 38.3. The Kier molecular flexibility index (Phi) is 7.61. The number of aliphatic hydroxyl groups is 1. The molecule has 3 aliphatic rings. The van der Waals surface area contributed by atoms with Gasteiger partial charge in [0.25, 0.3) is 0 Å². The third-order valence-corrected chi connectivity index (χ3v) is 10.4.